The number of benzene rings is 1. The third-order valence-electron chi connectivity index (χ3n) is 1.86. The van der Waals surface area contributed by atoms with E-state index in [1.54, 1.807) is 12.1 Å². The molecule has 0 aliphatic rings. The summed E-state index contributed by atoms with van der Waals surface area (Å²) in [5.74, 6) is 0. The summed E-state index contributed by atoms with van der Waals surface area (Å²) in [6, 6.07) is 6.29. The van der Waals surface area contributed by atoms with Crippen LogP contribution in [0.4, 0.5) is 5.69 Å². The maximum atomic E-state index is 10.6. The lowest BCUT2D eigenvalue weighted by Crippen LogP contribution is -1.88. The molecule has 1 heterocycles. The van der Waals surface area contributed by atoms with E-state index in [1.165, 1.54) is 18.4 Å². The number of nitro groups is 1. The highest BCUT2D eigenvalue weighted by Gasteiger charge is 2.11. The maximum Gasteiger partial charge on any atom is 0.270 e. The van der Waals surface area contributed by atoms with Gasteiger partial charge in [0.1, 0.15) is 12.0 Å². The van der Waals surface area contributed by atoms with E-state index in [4.69, 9.17) is 4.52 Å². The van der Waals surface area contributed by atoms with Gasteiger partial charge in [0.05, 0.1) is 8.49 Å². The minimum atomic E-state index is -0.434. The fourth-order valence-corrected chi connectivity index (χ4v) is 1.71. The average Bonchev–Trinajstić information content (AvgIpc) is 2.64. The Labute approximate surface area is 98.4 Å². The quantitative estimate of drug-likeness (QED) is 0.485. The van der Waals surface area contributed by atoms with Gasteiger partial charge in [0, 0.05) is 17.7 Å². The first kappa shape index (κ1) is 10.1. The van der Waals surface area contributed by atoms with Crippen molar-refractivity contribution in [1.82, 2.24) is 5.16 Å². The summed E-state index contributed by atoms with van der Waals surface area (Å²) in [6.07, 6.45) is 1.49. The molecule has 0 fully saturated rings. The highest BCUT2D eigenvalue weighted by Crippen LogP contribution is 2.26. The number of aromatic nitrogens is 1. The number of non-ortho nitro benzene ring substituents is 1. The fourth-order valence-electron chi connectivity index (χ4n) is 1.18. The van der Waals surface area contributed by atoms with Crippen LogP contribution in [0.15, 0.2) is 35.1 Å². The van der Waals surface area contributed by atoms with E-state index >= 15 is 0 Å². The van der Waals surface area contributed by atoms with Gasteiger partial charge in [-0.3, -0.25) is 10.1 Å². The maximum absolute atomic E-state index is 10.6. The molecule has 1 aromatic carbocycles. The van der Waals surface area contributed by atoms with Gasteiger partial charge < -0.3 is 4.52 Å². The summed E-state index contributed by atoms with van der Waals surface area (Å²) in [5.41, 5.74) is 1.35. The summed E-state index contributed by atoms with van der Waals surface area (Å²) in [7, 11) is 0. The lowest BCUT2D eigenvalue weighted by atomic mass is 10.1. The molecule has 0 aliphatic carbocycles. The van der Waals surface area contributed by atoms with Gasteiger partial charge in [0.25, 0.3) is 5.69 Å². The highest BCUT2D eigenvalue weighted by atomic mass is 127. The molecule has 0 unspecified atom stereocenters. The van der Waals surface area contributed by atoms with Gasteiger partial charge in [-0.2, -0.15) is 0 Å². The first-order chi connectivity index (χ1) is 7.18. The second-order valence-electron chi connectivity index (χ2n) is 2.82. The first-order valence-electron chi connectivity index (χ1n) is 4.03. The number of hydrogen-bond acceptors (Lipinski definition) is 4. The van der Waals surface area contributed by atoms with E-state index < -0.39 is 4.92 Å². The van der Waals surface area contributed by atoms with Crippen LogP contribution in [-0.2, 0) is 0 Å². The number of rotatable bonds is 2. The average molecular weight is 316 g/mol. The zero-order valence-electron chi connectivity index (χ0n) is 7.38. The SMILES string of the molecule is O=[N+]([O-])c1cccc(-c2nocc2I)c1. The molecular formula is C9H5IN2O3. The molecule has 0 aliphatic heterocycles. The predicted molar refractivity (Wildman–Crippen MR) is 61.3 cm³/mol. The Morgan fingerprint density at radius 3 is 2.87 bits per heavy atom. The molecule has 0 atom stereocenters. The van der Waals surface area contributed by atoms with Crippen LogP contribution in [0.5, 0.6) is 0 Å². The van der Waals surface area contributed by atoms with Crippen LogP contribution in [0.25, 0.3) is 11.3 Å². The Hall–Kier alpha value is -1.44. The van der Waals surface area contributed by atoms with Crippen LogP contribution in [0.2, 0.25) is 0 Å². The molecule has 0 saturated heterocycles. The summed E-state index contributed by atoms with van der Waals surface area (Å²) in [4.78, 5) is 10.1. The van der Waals surface area contributed by atoms with Crippen molar-refractivity contribution in [2.45, 2.75) is 0 Å². The standard InChI is InChI=1S/C9H5IN2O3/c10-8-5-15-11-9(8)6-2-1-3-7(4-6)12(13)14/h1-5H. The van der Waals surface area contributed by atoms with Crippen molar-refractivity contribution in [3.05, 3.63) is 44.2 Å². The van der Waals surface area contributed by atoms with Crippen molar-refractivity contribution < 1.29 is 9.45 Å². The van der Waals surface area contributed by atoms with E-state index in [-0.39, 0.29) is 5.69 Å². The van der Waals surface area contributed by atoms with E-state index in [0.717, 1.165) is 3.57 Å². The molecule has 0 saturated carbocycles. The Bertz CT molecular complexity index is 510. The second kappa shape index (κ2) is 3.97. The van der Waals surface area contributed by atoms with E-state index in [2.05, 4.69) is 27.7 Å². The molecule has 0 amide bonds. The molecule has 0 bridgehead atoms. The molecule has 5 nitrogen and oxygen atoms in total. The molecule has 1 aromatic heterocycles. The zero-order valence-corrected chi connectivity index (χ0v) is 9.54. The minimum Gasteiger partial charge on any atom is -0.363 e. The summed E-state index contributed by atoms with van der Waals surface area (Å²) < 4.78 is 5.60. The van der Waals surface area contributed by atoms with Gasteiger partial charge in [0.15, 0.2) is 0 Å². The third kappa shape index (κ3) is 1.99. The smallest absolute Gasteiger partial charge is 0.270 e. The Balaban J connectivity index is 2.50. The molecule has 15 heavy (non-hydrogen) atoms. The van der Waals surface area contributed by atoms with Crippen molar-refractivity contribution in [3.63, 3.8) is 0 Å². The van der Waals surface area contributed by atoms with Crippen molar-refractivity contribution >= 4 is 28.3 Å². The van der Waals surface area contributed by atoms with Crippen LogP contribution in [-0.4, -0.2) is 10.1 Å². The molecule has 0 spiro atoms. The third-order valence-corrected chi connectivity index (χ3v) is 2.62. The van der Waals surface area contributed by atoms with Crippen molar-refractivity contribution in [3.8, 4) is 11.3 Å². The number of hydrogen-bond donors (Lipinski definition) is 0. The summed E-state index contributed by atoms with van der Waals surface area (Å²) >= 11 is 2.06. The van der Waals surface area contributed by atoms with E-state index in [9.17, 15) is 10.1 Å². The Morgan fingerprint density at radius 2 is 2.27 bits per heavy atom. The molecular weight excluding hydrogens is 311 g/mol. The molecule has 0 radical (unpaired) electrons. The van der Waals surface area contributed by atoms with Crippen molar-refractivity contribution in [2.24, 2.45) is 0 Å². The molecule has 76 valence electrons. The summed E-state index contributed by atoms with van der Waals surface area (Å²) in [6.45, 7) is 0. The second-order valence-corrected chi connectivity index (χ2v) is 3.98. The Morgan fingerprint density at radius 1 is 1.47 bits per heavy atom. The molecule has 0 N–H and O–H groups in total. The zero-order chi connectivity index (χ0) is 10.8. The first-order valence-corrected chi connectivity index (χ1v) is 5.11. The van der Waals surface area contributed by atoms with E-state index in [1.807, 2.05) is 0 Å². The number of halogens is 1. The molecule has 2 rings (SSSR count). The van der Waals surface area contributed by atoms with E-state index in [0.29, 0.717) is 11.3 Å². The van der Waals surface area contributed by atoms with Gasteiger partial charge in [-0.15, -0.1) is 0 Å². The highest BCUT2D eigenvalue weighted by molar-refractivity contribution is 14.1. The van der Waals surface area contributed by atoms with Gasteiger partial charge in [-0.05, 0) is 22.6 Å². The predicted octanol–water partition coefficient (Wildman–Crippen LogP) is 2.85. The van der Waals surface area contributed by atoms with Gasteiger partial charge in [-0.1, -0.05) is 17.3 Å². The van der Waals surface area contributed by atoms with Gasteiger partial charge >= 0.3 is 0 Å². The lowest BCUT2D eigenvalue weighted by Gasteiger charge is -1.96. The van der Waals surface area contributed by atoms with Crippen molar-refractivity contribution in [1.29, 1.82) is 0 Å². The lowest BCUT2D eigenvalue weighted by molar-refractivity contribution is -0.384. The van der Waals surface area contributed by atoms with Crippen LogP contribution in [0.3, 0.4) is 0 Å². The largest absolute Gasteiger partial charge is 0.363 e. The number of nitro benzene ring substituents is 1. The molecule has 6 heteroatoms. The monoisotopic (exact) mass is 316 g/mol. The van der Waals surface area contributed by atoms with Crippen LogP contribution in [0, 0.1) is 13.7 Å². The van der Waals surface area contributed by atoms with Crippen LogP contribution < -0.4 is 0 Å². The van der Waals surface area contributed by atoms with Gasteiger partial charge in [-0.25, -0.2) is 0 Å². The summed E-state index contributed by atoms with van der Waals surface area (Å²) in [5, 5.41) is 14.3. The fraction of sp³-hybridized carbons (Fsp3) is 0. The Kier molecular flexibility index (Phi) is 2.67. The van der Waals surface area contributed by atoms with Gasteiger partial charge in [0.2, 0.25) is 0 Å². The topological polar surface area (TPSA) is 69.2 Å². The minimum absolute atomic E-state index is 0.0475. The normalized spacial score (nSPS) is 10.2. The van der Waals surface area contributed by atoms with Crippen LogP contribution >= 0.6 is 22.6 Å². The molecule has 2 aromatic rings. The van der Waals surface area contributed by atoms with Crippen LogP contribution in [0.1, 0.15) is 0 Å². The number of nitrogens with zero attached hydrogens (tertiary/aromatic N) is 2. The van der Waals surface area contributed by atoms with Crippen molar-refractivity contribution in [2.75, 3.05) is 0 Å².